The lowest BCUT2D eigenvalue weighted by molar-refractivity contribution is -0.274. The summed E-state index contributed by atoms with van der Waals surface area (Å²) in [7, 11) is 5.74. The molecule has 1 amide bonds. The van der Waals surface area contributed by atoms with Gasteiger partial charge in [0.2, 0.25) is 5.95 Å². The number of benzene rings is 2. The summed E-state index contributed by atoms with van der Waals surface area (Å²) >= 11 is 1.17. The van der Waals surface area contributed by atoms with Gasteiger partial charge in [0.1, 0.15) is 5.75 Å². The number of halogens is 3. The zero-order valence-electron chi connectivity index (χ0n) is 19.8. The van der Waals surface area contributed by atoms with E-state index in [0.717, 1.165) is 12.1 Å². The van der Waals surface area contributed by atoms with E-state index in [1.807, 2.05) is 26.0 Å². The van der Waals surface area contributed by atoms with Crippen LogP contribution in [0.1, 0.15) is 10.4 Å². The maximum atomic E-state index is 12.5. The molecule has 192 valence electrons. The predicted octanol–water partition coefficient (Wildman–Crippen LogP) is 4.13. The molecular weight excluding hydrogens is 497 g/mol. The number of fused-ring (bicyclic) bond motifs is 2. The number of nitrogens with one attached hydrogen (secondary N) is 2. The maximum Gasteiger partial charge on any atom is 0.573 e. The summed E-state index contributed by atoms with van der Waals surface area (Å²) < 4.78 is 49.3. The molecule has 0 aliphatic heterocycles. The maximum absolute atomic E-state index is 12.5. The first-order valence-corrected chi connectivity index (χ1v) is 11.8. The fourth-order valence-electron chi connectivity index (χ4n) is 3.39. The second-order valence-electron chi connectivity index (χ2n) is 8.19. The second-order valence-corrected chi connectivity index (χ2v) is 9.22. The predicted molar refractivity (Wildman–Crippen MR) is 132 cm³/mol. The number of likely N-dealkylation sites (N-methyl/N-ethyl adjacent to an activating group) is 1. The van der Waals surface area contributed by atoms with Crippen LogP contribution in [0.25, 0.3) is 21.3 Å². The van der Waals surface area contributed by atoms with Crippen molar-refractivity contribution in [3.63, 3.8) is 0 Å². The Balaban J connectivity index is 1.43. The lowest BCUT2D eigenvalue weighted by Crippen LogP contribution is -2.28. The van der Waals surface area contributed by atoms with Crippen molar-refractivity contribution in [2.45, 2.75) is 6.36 Å². The minimum absolute atomic E-state index is 0.226. The van der Waals surface area contributed by atoms with Crippen LogP contribution in [0, 0.1) is 0 Å². The lowest BCUT2D eigenvalue weighted by Gasteiger charge is -2.10. The summed E-state index contributed by atoms with van der Waals surface area (Å²) in [5.41, 5.74) is 2.40. The Labute approximate surface area is 208 Å². The molecule has 36 heavy (non-hydrogen) atoms. The SMILES string of the molecule is CN(C)CCOCCNC(=O)c1ccc2c(c1)nc(Nc1nc3ccc(OC(F)(F)F)cc3s1)n2C. The smallest absolute Gasteiger partial charge is 0.406 e. The molecule has 4 aromatic rings. The number of hydrogen-bond donors (Lipinski definition) is 2. The molecule has 0 fully saturated rings. The summed E-state index contributed by atoms with van der Waals surface area (Å²) in [6, 6.07) is 9.19. The Morgan fingerprint density at radius 1 is 1.11 bits per heavy atom. The Hall–Kier alpha value is -3.42. The molecule has 13 heteroatoms. The molecule has 0 spiro atoms. The van der Waals surface area contributed by atoms with Gasteiger partial charge >= 0.3 is 6.36 Å². The number of alkyl halides is 3. The lowest BCUT2D eigenvalue weighted by atomic mass is 10.2. The summed E-state index contributed by atoms with van der Waals surface area (Å²) in [6.07, 6.45) is -4.76. The van der Waals surface area contributed by atoms with Crippen LogP contribution in [0.5, 0.6) is 5.75 Å². The molecule has 2 aromatic heterocycles. The molecule has 0 atom stereocenters. The van der Waals surface area contributed by atoms with Crippen molar-refractivity contribution in [3.8, 4) is 5.75 Å². The number of rotatable bonds is 10. The van der Waals surface area contributed by atoms with E-state index in [9.17, 15) is 18.0 Å². The Kier molecular flexibility index (Phi) is 7.62. The van der Waals surface area contributed by atoms with Gasteiger partial charge in [-0.05, 0) is 44.4 Å². The van der Waals surface area contributed by atoms with Crippen LogP contribution < -0.4 is 15.4 Å². The second kappa shape index (κ2) is 10.7. The third-order valence-electron chi connectivity index (χ3n) is 5.17. The standard InChI is InChI=1S/C23H25F3N6O3S/c1-31(2)9-11-34-10-8-27-20(33)14-4-7-18-17(12-14)28-21(32(18)3)30-22-29-16-6-5-15(13-19(16)36-22)35-23(24,25)26/h4-7,12-13H,8-11H2,1-3H3,(H,27,33)(H,28,29,30). The highest BCUT2D eigenvalue weighted by Gasteiger charge is 2.31. The van der Waals surface area contributed by atoms with E-state index in [1.54, 1.807) is 22.8 Å². The number of anilines is 2. The number of amides is 1. The molecule has 0 aliphatic carbocycles. The van der Waals surface area contributed by atoms with Gasteiger partial charge in [-0.3, -0.25) is 4.79 Å². The third kappa shape index (κ3) is 6.42. The van der Waals surface area contributed by atoms with E-state index in [4.69, 9.17) is 4.74 Å². The highest BCUT2D eigenvalue weighted by atomic mass is 32.1. The topological polar surface area (TPSA) is 93.5 Å². The summed E-state index contributed by atoms with van der Waals surface area (Å²) in [4.78, 5) is 23.5. The van der Waals surface area contributed by atoms with E-state index in [-0.39, 0.29) is 11.7 Å². The van der Waals surface area contributed by atoms with Crippen LogP contribution in [-0.4, -0.2) is 72.1 Å². The molecule has 0 aliphatic rings. The van der Waals surface area contributed by atoms with Crippen molar-refractivity contribution in [2.24, 2.45) is 7.05 Å². The monoisotopic (exact) mass is 522 g/mol. The van der Waals surface area contributed by atoms with Gasteiger partial charge in [0.25, 0.3) is 5.91 Å². The molecule has 2 heterocycles. The number of imidazole rings is 1. The number of aromatic nitrogens is 3. The number of carbonyl (C=O) groups is 1. The van der Waals surface area contributed by atoms with Crippen LogP contribution in [0.4, 0.5) is 24.3 Å². The van der Waals surface area contributed by atoms with Gasteiger partial charge < -0.3 is 29.6 Å². The largest absolute Gasteiger partial charge is 0.573 e. The fourth-order valence-corrected chi connectivity index (χ4v) is 4.28. The third-order valence-corrected chi connectivity index (χ3v) is 6.10. The van der Waals surface area contributed by atoms with Crippen molar-refractivity contribution in [2.75, 3.05) is 45.7 Å². The van der Waals surface area contributed by atoms with Crippen molar-refractivity contribution < 1.29 is 27.4 Å². The highest BCUT2D eigenvalue weighted by Crippen LogP contribution is 2.33. The van der Waals surface area contributed by atoms with Gasteiger partial charge in [0.15, 0.2) is 5.13 Å². The molecule has 2 aromatic carbocycles. The zero-order chi connectivity index (χ0) is 25.9. The van der Waals surface area contributed by atoms with Crippen molar-refractivity contribution in [1.29, 1.82) is 0 Å². The average Bonchev–Trinajstić information content (AvgIpc) is 3.34. The molecule has 0 saturated heterocycles. The first-order valence-electron chi connectivity index (χ1n) is 11.0. The minimum Gasteiger partial charge on any atom is -0.406 e. The van der Waals surface area contributed by atoms with E-state index in [2.05, 4.69) is 25.3 Å². The Morgan fingerprint density at radius 3 is 2.67 bits per heavy atom. The average molecular weight is 523 g/mol. The summed E-state index contributed by atoms with van der Waals surface area (Å²) in [5, 5.41) is 6.39. The molecule has 2 N–H and O–H groups in total. The van der Waals surface area contributed by atoms with Crippen LogP contribution in [-0.2, 0) is 11.8 Å². The van der Waals surface area contributed by atoms with Gasteiger partial charge in [0, 0.05) is 31.8 Å². The van der Waals surface area contributed by atoms with Crippen molar-refractivity contribution >= 4 is 49.6 Å². The number of hydrogen-bond acceptors (Lipinski definition) is 8. The number of nitrogens with zero attached hydrogens (tertiary/aromatic N) is 4. The summed E-state index contributed by atoms with van der Waals surface area (Å²) in [6.45, 7) is 2.22. The van der Waals surface area contributed by atoms with Crippen LogP contribution in [0.3, 0.4) is 0 Å². The first-order chi connectivity index (χ1) is 17.1. The van der Waals surface area contributed by atoms with E-state index in [0.29, 0.717) is 52.1 Å². The molecular formula is C23H25F3N6O3S. The van der Waals surface area contributed by atoms with Crippen molar-refractivity contribution in [3.05, 3.63) is 42.0 Å². The molecule has 9 nitrogen and oxygen atoms in total. The Morgan fingerprint density at radius 2 is 1.92 bits per heavy atom. The van der Waals surface area contributed by atoms with E-state index >= 15 is 0 Å². The quantitative estimate of drug-likeness (QED) is 0.303. The van der Waals surface area contributed by atoms with Gasteiger partial charge in [0.05, 0.1) is 34.5 Å². The number of ether oxygens (including phenoxy) is 2. The number of thiazole rings is 1. The highest BCUT2D eigenvalue weighted by molar-refractivity contribution is 7.22. The normalized spacial score (nSPS) is 12.0. The van der Waals surface area contributed by atoms with Gasteiger partial charge in [-0.25, -0.2) is 9.97 Å². The first kappa shape index (κ1) is 25.7. The zero-order valence-corrected chi connectivity index (χ0v) is 20.7. The van der Waals surface area contributed by atoms with Crippen LogP contribution >= 0.6 is 11.3 Å². The Bertz CT molecular complexity index is 1370. The van der Waals surface area contributed by atoms with Gasteiger partial charge in [-0.1, -0.05) is 11.3 Å². The number of carbonyl (C=O) groups excluding carboxylic acids is 1. The van der Waals surface area contributed by atoms with Crippen LogP contribution in [0.2, 0.25) is 0 Å². The summed E-state index contributed by atoms with van der Waals surface area (Å²) in [5.74, 6) is -0.0575. The fraction of sp³-hybridized carbons (Fsp3) is 0.348. The van der Waals surface area contributed by atoms with Crippen molar-refractivity contribution in [1.82, 2.24) is 24.8 Å². The van der Waals surface area contributed by atoms with E-state index in [1.165, 1.54) is 29.5 Å². The van der Waals surface area contributed by atoms with E-state index < -0.39 is 6.36 Å². The van der Waals surface area contributed by atoms with Crippen LogP contribution in [0.15, 0.2) is 36.4 Å². The molecule has 0 unspecified atom stereocenters. The minimum atomic E-state index is -4.76. The molecule has 0 saturated carbocycles. The number of aryl methyl sites for hydroxylation is 1. The molecule has 0 radical (unpaired) electrons. The molecule has 0 bridgehead atoms. The van der Waals surface area contributed by atoms with Gasteiger partial charge in [-0.15, -0.1) is 13.2 Å². The van der Waals surface area contributed by atoms with Gasteiger partial charge in [-0.2, -0.15) is 0 Å². The molecule has 4 rings (SSSR count).